The summed E-state index contributed by atoms with van der Waals surface area (Å²) in [6.07, 6.45) is 0.918. The highest BCUT2D eigenvalue weighted by molar-refractivity contribution is 9.10. The van der Waals surface area contributed by atoms with Crippen molar-refractivity contribution in [2.75, 3.05) is 5.33 Å². The monoisotopic (exact) mass is 341 g/mol. The lowest BCUT2D eigenvalue weighted by atomic mass is 10.1. The largest absolute Gasteiger partial charge is 0.303 e. The van der Waals surface area contributed by atoms with Gasteiger partial charge in [0, 0.05) is 15.2 Å². The molecule has 0 saturated heterocycles. The van der Waals surface area contributed by atoms with Crippen molar-refractivity contribution in [2.45, 2.75) is 5.92 Å². The van der Waals surface area contributed by atoms with Crippen molar-refractivity contribution in [2.24, 2.45) is 0 Å². The molecule has 2 rings (SSSR count). The summed E-state index contributed by atoms with van der Waals surface area (Å²) in [4.78, 5) is 15.3. The Bertz CT molecular complexity index is 527. The number of pyridine rings is 1. The minimum absolute atomic E-state index is 0.173. The van der Waals surface area contributed by atoms with E-state index in [0.717, 1.165) is 27.4 Å². The molecule has 82 valence electrons. The molecule has 2 nitrogen and oxygen atoms in total. The lowest BCUT2D eigenvalue weighted by molar-refractivity contribution is -0.108. The van der Waals surface area contributed by atoms with E-state index in [4.69, 9.17) is 0 Å². The molecule has 0 bridgehead atoms. The van der Waals surface area contributed by atoms with Crippen molar-refractivity contribution in [1.29, 1.82) is 0 Å². The van der Waals surface area contributed by atoms with Crippen LogP contribution in [0.15, 0.2) is 34.8 Å². The quantitative estimate of drug-likeness (QED) is 0.629. The van der Waals surface area contributed by atoms with Crippen LogP contribution in [0.2, 0.25) is 0 Å². The average Bonchev–Trinajstić information content (AvgIpc) is 2.31. The fraction of sp³-hybridized carbons (Fsp3) is 0.167. The standard InChI is InChI=1S/C12H9Br2NO/c13-6-9(7-16)12-3-1-8-5-10(14)2-4-11(8)15-12/h1-5,7,9H,6H2. The van der Waals surface area contributed by atoms with Crippen LogP contribution in [0.25, 0.3) is 10.9 Å². The predicted octanol–water partition coefficient (Wildman–Crippen LogP) is 3.67. The van der Waals surface area contributed by atoms with Gasteiger partial charge in [-0.2, -0.15) is 0 Å². The number of hydrogen-bond donors (Lipinski definition) is 0. The number of carbonyl (C=O) groups is 1. The molecule has 0 aliphatic rings. The minimum Gasteiger partial charge on any atom is -0.303 e. The molecule has 0 spiro atoms. The Morgan fingerprint density at radius 2 is 2.12 bits per heavy atom. The van der Waals surface area contributed by atoms with Gasteiger partial charge in [0.1, 0.15) is 6.29 Å². The molecule has 1 atom stereocenters. The van der Waals surface area contributed by atoms with Gasteiger partial charge in [0.05, 0.1) is 17.1 Å². The van der Waals surface area contributed by atoms with Gasteiger partial charge in [0.2, 0.25) is 0 Å². The van der Waals surface area contributed by atoms with Gasteiger partial charge in [-0.05, 0) is 24.3 Å². The normalized spacial score (nSPS) is 12.6. The first-order valence-electron chi connectivity index (χ1n) is 4.82. The van der Waals surface area contributed by atoms with E-state index < -0.39 is 0 Å². The first kappa shape index (κ1) is 11.7. The molecule has 2 aromatic rings. The van der Waals surface area contributed by atoms with Gasteiger partial charge in [-0.25, -0.2) is 0 Å². The van der Waals surface area contributed by atoms with Crippen LogP contribution in [0.3, 0.4) is 0 Å². The van der Waals surface area contributed by atoms with Crippen molar-refractivity contribution < 1.29 is 4.79 Å². The van der Waals surface area contributed by atoms with Gasteiger partial charge in [-0.3, -0.25) is 4.98 Å². The second kappa shape index (κ2) is 5.06. The molecule has 0 aliphatic heterocycles. The molecule has 0 aliphatic carbocycles. The molecule has 0 N–H and O–H groups in total. The molecule has 0 amide bonds. The lowest BCUT2D eigenvalue weighted by Gasteiger charge is -2.07. The lowest BCUT2D eigenvalue weighted by Crippen LogP contribution is -2.03. The highest BCUT2D eigenvalue weighted by Crippen LogP contribution is 2.21. The Kier molecular flexibility index (Phi) is 3.71. The van der Waals surface area contributed by atoms with Crippen LogP contribution >= 0.6 is 31.9 Å². The number of nitrogens with zero attached hydrogens (tertiary/aromatic N) is 1. The fourth-order valence-electron chi connectivity index (χ4n) is 1.50. The maximum absolute atomic E-state index is 10.8. The SMILES string of the molecule is O=CC(CBr)c1ccc2cc(Br)ccc2n1. The second-order valence-electron chi connectivity index (χ2n) is 3.47. The molecule has 0 radical (unpaired) electrons. The molecule has 1 heterocycles. The highest BCUT2D eigenvalue weighted by Gasteiger charge is 2.10. The average molecular weight is 343 g/mol. The third-order valence-corrected chi connectivity index (χ3v) is 3.57. The number of rotatable bonds is 3. The number of aromatic nitrogens is 1. The molecule has 1 aromatic carbocycles. The summed E-state index contributed by atoms with van der Waals surface area (Å²) in [5, 5.41) is 1.67. The molecular formula is C12H9Br2NO. The first-order valence-corrected chi connectivity index (χ1v) is 6.73. The maximum atomic E-state index is 10.8. The topological polar surface area (TPSA) is 30.0 Å². The summed E-state index contributed by atoms with van der Waals surface area (Å²) >= 11 is 6.73. The predicted molar refractivity (Wildman–Crippen MR) is 72.0 cm³/mol. The fourth-order valence-corrected chi connectivity index (χ4v) is 2.37. The summed E-state index contributed by atoms with van der Waals surface area (Å²) in [6, 6.07) is 9.79. The van der Waals surface area contributed by atoms with Crippen LogP contribution in [-0.2, 0) is 4.79 Å². The van der Waals surface area contributed by atoms with Crippen LogP contribution < -0.4 is 0 Å². The Morgan fingerprint density at radius 3 is 2.81 bits per heavy atom. The summed E-state index contributed by atoms with van der Waals surface area (Å²) in [5.41, 5.74) is 1.72. The number of fused-ring (bicyclic) bond motifs is 1. The summed E-state index contributed by atoms with van der Waals surface area (Å²) in [6.45, 7) is 0. The van der Waals surface area contributed by atoms with Gasteiger partial charge in [-0.1, -0.05) is 37.9 Å². The summed E-state index contributed by atoms with van der Waals surface area (Å²) in [5.74, 6) is -0.173. The van der Waals surface area contributed by atoms with Gasteiger partial charge < -0.3 is 4.79 Å². The van der Waals surface area contributed by atoms with Crippen molar-refractivity contribution in [3.8, 4) is 0 Å². The van der Waals surface area contributed by atoms with E-state index in [9.17, 15) is 4.79 Å². The van der Waals surface area contributed by atoms with Crippen LogP contribution in [-0.4, -0.2) is 16.6 Å². The van der Waals surface area contributed by atoms with Crippen molar-refractivity contribution >= 4 is 49.0 Å². The number of carbonyl (C=O) groups excluding carboxylic acids is 1. The van der Waals surface area contributed by atoms with Gasteiger partial charge in [-0.15, -0.1) is 0 Å². The van der Waals surface area contributed by atoms with Crippen molar-refractivity contribution in [1.82, 2.24) is 4.98 Å². The Morgan fingerprint density at radius 1 is 1.31 bits per heavy atom. The smallest absolute Gasteiger partial charge is 0.129 e. The number of alkyl halides is 1. The number of hydrogen-bond acceptors (Lipinski definition) is 2. The van der Waals surface area contributed by atoms with Crippen LogP contribution in [0.4, 0.5) is 0 Å². The molecule has 0 fully saturated rings. The molecular weight excluding hydrogens is 334 g/mol. The molecule has 1 aromatic heterocycles. The van der Waals surface area contributed by atoms with Crippen LogP contribution in [0.1, 0.15) is 11.6 Å². The number of halogens is 2. The van der Waals surface area contributed by atoms with Gasteiger partial charge in [0.25, 0.3) is 0 Å². The Hall–Kier alpha value is -0.740. The Labute approximate surface area is 110 Å². The minimum atomic E-state index is -0.173. The maximum Gasteiger partial charge on any atom is 0.129 e. The van der Waals surface area contributed by atoms with E-state index in [2.05, 4.69) is 36.8 Å². The van der Waals surface area contributed by atoms with E-state index >= 15 is 0 Å². The van der Waals surface area contributed by atoms with E-state index in [1.165, 1.54) is 0 Å². The zero-order chi connectivity index (χ0) is 11.5. The van der Waals surface area contributed by atoms with E-state index in [1.54, 1.807) is 0 Å². The second-order valence-corrected chi connectivity index (χ2v) is 5.03. The van der Waals surface area contributed by atoms with E-state index in [1.807, 2.05) is 30.3 Å². The van der Waals surface area contributed by atoms with Crippen molar-refractivity contribution in [3.05, 3.63) is 40.5 Å². The number of benzene rings is 1. The molecule has 4 heteroatoms. The molecule has 1 unspecified atom stereocenters. The zero-order valence-electron chi connectivity index (χ0n) is 8.36. The highest BCUT2D eigenvalue weighted by atomic mass is 79.9. The van der Waals surface area contributed by atoms with E-state index in [0.29, 0.717) is 5.33 Å². The van der Waals surface area contributed by atoms with Crippen LogP contribution in [0.5, 0.6) is 0 Å². The molecule has 16 heavy (non-hydrogen) atoms. The van der Waals surface area contributed by atoms with Gasteiger partial charge in [0.15, 0.2) is 0 Å². The first-order chi connectivity index (χ1) is 7.74. The number of aldehydes is 1. The third-order valence-electron chi connectivity index (χ3n) is 2.38. The van der Waals surface area contributed by atoms with E-state index in [-0.39, 0.29) is 5.92 Å². The van der Waals surface area contributed by atoms with Gasteiger partial charge >= 0.3 is 0 Å². The third kappa shape index (κ3) is 2.33. The molecule has 0 saturated carbocycles. The summed E-state index contributed by atoms with van der Waals surface area (Å²) in [7, 11) is 0. The summed E-state index contributed by atoms with van der Waals surface area (Å²) < 4.78 is 1.03. The Balaban J connectivity index is 2.51. The zero-order valence-corrected chi connectivity index (χ0v) is 11.5. The van der Waals surface area contributed by atoms with Crippen molar-refractivity contribution in [3.63, 3.8) is 0 Å². The van der Waals surface area contributed by atoms with Crippen LogP contribution in [0, 0.1) is 0 Å².